The first kappa shape index (κ1) is 25.6. The molecule has 0 spiro atoms. The van der Waals surface area contributed by atoms with Crippen LogP contribution in [0.4, 0.5) is 18.2 Å². The molecule has 0 atom stereocenters. The summed E-state index contributed by atoms with van der Waals surface area (Å²) >= 11 is 1.30. The smallest absolute Gasteiger partial charge is 0.348 e. The maximum Gasteiger partial charge on any atom is 0.416 e. The summed E-state index contributed by atoms with van der Waals surface area (Å²) < 4.78 is 65.4. The van der Waals surface area contributed by atoms with E-state index < -0.39 is 27.7 Å². The number of amides is 2. The third-order valence-electron chi connectivity index (χ3n) is 5.48. The maximum atomic E-state index is 13.1. The predicted molar refractivity (Wildman–Crippen MR) is 129 cm³/mol. The Balaban J connectivity index is 1.37. The van der Waals surface area contributed by atoms with Crippen LogP contribution in [0.1, 0.15) is 31.9 Å². The minimum absolute atomic E-state index is 0.0163. The number of nitrogens with zero attached hydrogens (tertiary/aromatic N) is 1. The van der Waals surface area contributed by atoms with Crippen LogP contribution < -0.4 is 10.6 Å². The Morgan fingerprint density at radius 1 is 1.06 bits per heavy atom. The van der Waals surface area contributed by atoms with Crippen molar-refractivity contribution in [3.63, 3.8) is 0 Å². The van der Waals surface area contributed by atoms with E-state index in [1.54, 1.807) is 6.07 Å². The highest BCUT2D eigenvalue weighted by Crippen LogP contribution is 2.37. The van der Waals surface area contributed by atoms with E-state index in [0.29, 0.717) is 10.6 Å². The summed E-state index contributed by atoms with van der Waals surface area (Å²) in [5.74, 6) is -0.834. The number of hydrogen-bond donors (Lipinski definition) is 2. The number of rotatable bonds is 7. The van der Waals surface area contributed by atoms with Gasteiger partial charge >= 0.3 is 6.18 Å². The monoisotopic (exact) mass is 535 g/mol. The van der Waals surface area contributed by atoms with Gasteiger partial charge in [0.25, 0.3) is 5.91 Å². The third kappa shape index (κ3) is 5.50. The minimum atomic E-state index is -4.43. The molecule has 0 bridgehead atoms. The van der Waals surface area contributed by atoms with E-state index in [0.717, 1.165) is 28.6 Å². The van der Waals surface area contributed by atoms with Gasteiger partial charge in [-0.1, -0.05) is 18.7 Å². The average molecular weight is 536 g/mol. The van der Waals surface area contributed by atoms with Crippen LogP contribution in [0.15, 0.2) is 72.1 Å². The summed E-state index contributed by atoms with van der Waals surface area (Å²) in [6.07, 6.45) is -3.28. The molecule has 3 aromatic rings. The van der Waals surface area contributed by atoms with Gasteiger partial charge in [-0.05, 0) is 59.7 Å². The standard InChI is InChI=1S/C24H20F3N3O4S2/c1-2-21(31)29-22-11-17-13-30(14-20(17)35-22)36(33,34)19-9-5-16(6-10-19)23(32)28-12-15-3-7-18(8-4-15)24(25,26)27/h2-11H,1,12-14H2,(H,28,32)(H,29,31). The molecule has 4 rings (SSSR count). The van der Waals surface area contributed by atoms with Crippen LogP contribution >= 0.6 is 11.3 Å². The van der Waals surface area contributed by atoms with E-state index in [1.165, 1.54) is 52.0 Å². The lowest BCUT2D eigenvalue weighted by Crippen LogP contribution is -2.26. The summed E-state index contributed by atoms with van der Waals surface area (Å²) in [4.78, 5) is 24.7. The van der Waals surface area contributed by atoms with Crippen molar-refractivity contribution in [3.05, 3.63) is 94.4 Å². The number of thiophene rings is 1. The highest BCUT2D eigenvalue weighted by molar-refractivity contribution is 7.89. The van der Waals surface area contributed by atoms with Crippen LogP contribution in [0.5, 0.6) is 0 Å². The largest absolute Gasteiger partial charge is 0.416 e. The number of benzene rings is 2. The van der Waals surface area contributed by atoms with E-state index in [9.17, 15) is 31.2 Å². The molecule has 1 aromatic heterocycles. The van der Waals surface area contributed by atoms with Gasteiger partial charge in [0.1, 0.15) is 0 Å². The molecule has 36 heavy (non-hydrogen) atoms. The fourth-order valence-corrected chi connectivity index (χ4v) is 6.13. The number of halogens is 3. The first-order valence-electron chi connectivity index (χ1n) is 10.6. The molecular formula is C24H20F3N3O4S2. The Morgan fingerprint density at radius 2 is 1.72 bits per heavy atom. The highest BCUT2D eigenvalue weighted by Gasteiger charge is 2.32. The molecule has 0 unspecified atom stereocenters. The van der Waals surface area contributed by atoms with E-state index in [-0.39, 0.29) is 36.0 Å². The highest BCUT2D eigenvalue weighted by atomic mass is 32.2. The molecule has 2 amide bonds. The normalized spacial score (nSPS) is 13.8. The summed E-state index contributed by atoms with van der Waals surface area (Å²) in [6.45, 7) is 3.74. The van der Waals surface area contributed by atoms with E-state index in [4.69, 9.17) is 0 Å². The molecule has 0 saturated carbocycles. The van der Waals surface area contributed by atoms with Crippen molar-refractivity contribution in [2.45, 2.75) is 30.7 Å². The molecule has 1 aliphatic heterocycles. The van der Waals surface area contributed by atoms with E-state index in [2.05, 4.69) is 17.2 Å². The lowest BCUT2D eigenvalue weighted by Gasteiger charge is -2.16. The van der Waals surface area contributed by atoms with Crippen LogP contribution in [0.3, 0.4) is 0 Å². The van der Waals surface area contributed by atoms with Crippen molar-refractivity contribution >= 4 is 38.2 Å². The second kappa shape index (κ2) is 9.88. The fourth-order valence-electron chi connectivity index (χ4n) is 3.57. The number of hydrogen-bond acceptors (Lipinski definition) is 5. The van der Waals surface area contributed by atoms with Gasteiger partial charge in [0.05, 0.1) is 15.5 Å². The Labute approximate surface area is 209 Å². The summed E-state index contributed by atoms with van der Waals surface area (Å²) in [6, 6.07) is 11.6. The lowest BCUT2D eigenvalue weighted by atomic mass is 10.1. The second-order valence-electron chi connectivity index (χ2n) is 7.93. The SMILES string of the molecule is C=CC(=O)Nc1cc2c(s1)CN(S(=O)(=O)c1ccc(C(=O)NCc3ccc(C(F)(F)F)cc3)cc1)C2. The van der Waals surface area contributed by atoms with Crippen molar-refractivity contribution in [1.29, 1.82) is 0 Å². The van der Waals surface area contributed by atoms with E-state index in [1.807, 2.05) is 0 Å². The van der Waals surface area contributed by atoms with Gasteiger partial charge in [0.15, 0.2) is 0 Å². The third-order valence-corrected chi connectivity index (χ3v) is 8.37. The molecule has 0 radical (unpaired) electrons. The molecule has 12 heteroatoms. The zero-order chi connectivity index (χ0) is 26.1. The number of alkyl halides is 3. The van der Waals surface area contributed by atoms with Gasteiger partial charge in [-0.15, -0.1) is 11.3 Å². The lowest BCUT2D eigenvalue weighted by molar-refractivity contribution is -0.137. The van der Waals surface area contributed by atoms with Crippen molar-refractivity contribution in [3.8, 4) is 0 Å². The number of nitrogens with one attached hydrogen (secondary N) is 2. The molecule has 2 aromatic carbocycles. The number of carbonyl (C=O) groups is 2. The van der Waals surface area contributed by atoms with Crippen LogP contribution in [-0.2, 0) is 40.6 Å². The Morgan fingerprint density at radius 3 is 2.31 bits per heavy atom. The van der Waals surface area contributed by atoms with Crippen molar-refractivity contribution < 1.29 is 31.2 Å². The van der Waals surface area contributed by atoms with Gasteiger partial charge < -0.3 is 10.6 Å². The molecule has 2 N–H and O–H groups in total. The summed E-state index contributed by atoms with van der Waals surface area (Å²) in [5, 5.41) is 5.89. The van der Waals surface area contributed by atoms with Crippen LogP contribution in [-0.4, -0.2) is 24.5 Å². The average Bonchev–Trinajstić information content (AvgIpc) is 3.41. The summed E-state index contributed by atoms with van der Waals surface area (Å²) in [5.41, 5.74) is 0.734. The topological polar surface area (TPSA) is 95.6 Å². The first-order valence-corrected chi connectivity index (χ1v) is 12.8. The van der Waals surface area contributed by atoms with Gasteiger partial charge in [0.2, 0.25) is 15.9 Å². The van der Waals surface area contributed by atoms with Crippen LogP contribution in [0.25, 0.3) is 0 Å². The molecule has 188 valence electrons. The van der Waals surface area contributed by atoms with Crippen LogP contribution in [0.2, 0.25) is 0 Å². The molecular weight excluding hydrogens is 515 g/mol. The number of carbonyl (C=O) groups excluding carboxylic acids is 2. The Kier molecular flexibility index (Phi) is 7.03. The van der Waals surface area contributed by atoms with Crippen molar-refractivity contribution in [1.82, 2.24) is 9.62 Å². The summed E-state index contributed by atoms with van der Waals surface area (Å²) in [7, 11) is -3.82. The van der Waals surface area contributed by atoms with Gasteiger partial charge in [-0.3, -0.25) is 9.59 Å². The fraction of sp³-hybridized carbons (Fsp3) is 0.167. The first-order chi connectivity index (χ1) is 17.0. The second-order valence-corrected chi connectivity index (χ2v) is 11.0. The zero-order valence-electron chi connectivity index (χ0n) is 18.6. The van der Waals surface area contributed by atoms with Crippen molar-refractivity contribution in [2.75, 3.05) is 5.32 Å². The molecule has 0 fully saturated rings. The number of sulfonamides is 1. The van der Waals surface area contributed by atoms with E-state index >= 15 is 0 Å². The Hall–Kier alpha value is -3.48. The van der Waals surface area contributed by atoms with Gasteiger partial charge in [-0.25, -0.2) is 8.42 Å². The maximum absolute atomic E-state index is 13.1. The molecule has 0 aliphatic carbocycles. The predicted octanol–water partition coefficient (Wildman–Crippen LogP) is 4.53. The minimum Gasteiger partial charge on any atom is -0.348 e. The number of fused-ring (bicyclic) bond motifs is 1. The molecule has 7 nitrogen and oxygen atoms in total. The molecule has 1 aliphatic rings. The van der Waals surface area contributed by atoms with Gasteiger partial charge in [-0.2, -0.15) is 17.5 Å². The zero-order valence-corrected chi connectivity index (χ0v) is 20.3. The number of anilines is 1. The quantitative estimate of drug-likeness (QED) is 0.435. The van der Waals surface area contributed by atoms with Gasteiger partial charge in [0, 0.05) is 30.1 Å². The van der Waals surface area contributed by atoms with Crippen LogP contribution in [0, 0.1) is 0 Å². The van der Waals surface area contributed by atoms with Crippen molar-refractivity contribution in [2.24, 2.45) is 0 Å². The molecule has 0 saturated heterocycles. The molecule has 2 heterocycles. The Bertz CT molecular complexity index is 1390.